The second-order valence-electron chi connectivity index (χ2n) is 4.24. The number of hydrogen-bond donors (Lipinski definition) is 1. The lowest BCUT2D eigenvalue weighted by Gasteiger charge is -2.30. The standard InChI is InChI=1S/C11H15N3O2/c1-14(7-8-3-2-4-8)10-6-12-9(5-13-10)11(15)16/h5-6,8H,2-4,7H2,1H3,(H,15,16). The van der Waals surface area contributed by atoms with Crippen molar-refractivity contribution in [3.8, 4) is 0 Å². The van der Waals surface area contributed by atoms with Crippen LogP contribution in [0.3, 0.4) is 0 Å². The molecule has 5 nitrogen and oxygen atoms in total. The smallest absolute Gasteiger partial charge is 0.356 e. The Hall–Kier alpha value is -1.65. The minimum absolute atomic E-state index is 0.0132. The summed E-state index contributed by atoms with van der Waals surface area (Å²) in [5.74, 6) is 0.448. The van der Waals surface area contributed by atoms with Crippen LogP contribution in [0.4, 0.5) is 5.82 Å². The number of hydrogen-bond acceptors (Lipinski definition) is 4. The Labute approximate surface area is 94.1 Å². The summed E-state index contributed by atoms with van der Waals surface area (Å²) in [5, 5.41) is 8.69. The van der Waals surface area contributed by atoms with Crippen molar-refractivity contribution in [1.29, 1.82) is 0 Å². The minimum atomic E-state index is -1.04. The summed E-state index contributed by atoms with van der Waals surface area (Å²) in [5.41, 5.74) is -0.0132. The van der Waals surface area contributed by atoms with Gasteiger partial charge in [-0.3, -0.25) is 0 Å². The van der Waals surface area contributed by atoms with Gasteiger partial charge in [-0.05, 0) is 18.8 Å². The summed E-state index contributed by atoms with van der Waals surface area (Å²) in [7, 11) is 1.96. The van der Waals surface area contributed by atoms with Crippen molar-refractivity contribution in [3.05, 3.63) is 18.1 Å². The lowest BCUT2D eigenvalue weighted by molar-refractivity contribution is 0.0690. The third-order valence-corrected chi connectivity index (χ3v) is 3.01. The fourth-order valence-electron chi connectivity index (χ4n) is 1.78. The fraction of sp³-hybridized carbons (Fsp3) is 0.545. The van der Waals surface area contributed by atoms with Crippen LogP contribution in [-0.4, -0.2) is 34.6 Å². The average molecular weight is 221 g/mol. The quantitative estimate of drug-likeness (QED) is 0.832. The first-order valence-corrected chi connectivity index (χ1v) is 5.43. The molecule has 16 heavy (non-hydrogen) atoms. The van der Waals surface area contributed by atoms with E-state index in [9.17, 15) is 4.79 Å². The van der Waals surface area contributed by atoms with Crippen LogP contribution in [-0.2, 0) is 0 Å². The van der Waals surface area contributed by atoms with E-state index in [-0.39, 0.29) is 5.69 Å². The summed E-state index contributed by atoms with van der Waals surface area (Å²) in [6.07, 6.45) is 6.70. The Morgan fingerprint density at radius 3 is 2.69 bits per heavy atom. The molecule has 1 aromatic rings. The highest BCUT2D eigenvalue weighted by atomic mass is 16.4. The minimum Gasteiger partial charge on any atom is -0.476 e. The zero-order valence-corrected chi connectivity index (χ0v) is 9.26. The summed E-state index contributed by atoms with van der Waals surface area (Å²) in [6, 6.07) is 0. The maximum absolute atomic E-state index is 10.6. The monoisotopic (exact) mass is 221 g/mol. The van der Waals surface area contributed by atoms with Gasteiger partial charge < -0.3 is 10.0 Å². The molecule has 1 aliphatic rings. The van der Waals surface area contributed by atoms with Crippen molar-refractivity contribution in [3.63, 3.8) is 0 Å². The average Bonchev–Trinajstić information content (AvgIpc) is 2.23. The van der Waals surface area contributed by atoms with Gasteiger partial charge in [0.1, 0.15) is 5.82 Å². The molecule has 0 atom stereocenters. The predicted molar refractivity (Wildman–Crippen MR) is 59.6 cm³/mol. The third kappa shape index (κ3) is 2.29. The van der Waals surface area contributed by atoms with Crippen molar-refractivity contribution < 1.29 is 9.90 Å². The van der Waals surface area contributed by atoms with Gasteiger partial charge in [0.15, 0.2) is 5.69 Å². The van der Waals surface area contributed by atoms with Crippen molar-refractivity contribution in [1.82, 2.24) is 9.97 Å². The van der Waals surface area contributed by atoms with Gasteiger partial charge in [-0.15, -0.1) is 0 Å². The number of aromatic carboxylic acids is 1. The Balaban J connectivity index is 1.99. The topological polar surface area (TPSA) is 66.3 Å². The number of anilines is 1. The molecule has 0 spiro atoms. The normalized spacial score (nSPS) is 15.6. The van der Waals surface area contributed by atoms with Gasteiger partial charge in [-0.25, -0.2) is 14.8 Å². The Morgan fingerprint density at radius 1 is 1.50 bits per heavy atom. The number of carbonyl (C=O) groups is 1. The molecule has 0 saturated heterocycles. The maximum atomic E-state index is 10.6. The molecular weight excluding hydrogens is 206 g/mol. The second-order valence-corrected chi connectivity index (χ2v) is 4.24. The van der Waals surface area contributed by atoms with Crippen LogP contribution >= 0.6 is 0 Å². The van der Waals surface area contributed by atoms with Crippen LogP contribution in [0.15, 0.2) is 12.4 Å². The molecule has 2 rings (SSSR count). The summed E-state index contributed by atoms with van der Waals surface area (Å²) in [6.45, 7) is 0.973. The molecule has 0 amide bonds. The van der Waals surface area contributed by atoms with Crippen LogP contribution in [0.25, 0.3) is 0 Å². The fourth-order valence-corrected chi connectivity index (χ4v) is 1.78. The number of carboxylic acid groups (broad SMARTS) is 1. The van der Waals surface area contributed by atoms with E-state index in [0.29, 0.717) is 0 Å². The van der Waals surface area contributed by atoms with E-state index in [1.54, 1.807) is 0 Å². The zero-order valence-electron chi connectivity index (χ0n) is 9.26. The number of nitrogens with zero attached hydrogens (tertiary/aromatic N) is 3. The van der Waals surface area contributed by atoms with Crippen LogP contribution < -0.4 is 4.90 Å². The highest BCUT2D eigenvalue weighted by Gasteiger charge is 2.19. The molecule has 0 aliphatic heterocycles. The van der Waals surface area contributed by atoms with Gasteiger partial charge in [-0.1, -0.05) is 6.42 Å². The molecule has 0 radical (unpaired) electrons. The molecule has 5 heteroatoms. The largest absolute Gasteiger partial charge is 0.476 e. The molecule has 0 bridgehead atoms. The molecule has 0 unspecified atom stereocenters. The van der Waals surface area contributed by atoms with Crippen molar-refractivity contribution in [2.75, 3.05) is 18.5 Å². The van der Waals surface area contributed by atoms with Crippen LogP contribution in [0, 0.1) is 5.92 Å². The van der Waals surface area contributed by atoms with Crippen molar-refractivity contribution in [2.45, 2.75) is 19.3 Å². The number of rotatable bonds is 4. The van der Waals surface area contributed by atoms with Crippen molar-refractivity contribution >= 4 is 11.8 Å². The Morgan fingerprint density at radius 2 is 2.25 bits per heavy atom. The maximum Gasteiger partial charge on any atom is 0.356 e. The molecule has 1 saturated carbocycles. The van der Waals surface area contributed by atoms with E-state index >= 15 is 0 Å². The Bertz CT molecular complexity index is 373. The summed E-state index contributed by atoms with van der Waals surface area (Å²) >= 11 is 0. The molecule has 1 fully saturated rings. The van der Waals surface area contributed by atoms with E-state index < -0.39 is 5.97 Å². The molecule has 86 valence electrons. The molecule has 1 heterocycles. The van der Waals surface area contributed by atoms with E-state index in [1.807, 2.05) is 11.9 Å². The van der Waals surface area contributed by atoms with Crippen molar-refractivity contribution in [2.24, 2.45) is 5.92 Å². The predicted octanol–water partition coefficient (Wildman–Crippen LogP) is 1.41. The van der Waals surface area contributed by atoms with Crippen LogP contribution in [0.1, 0.15) is 29.8 Å². The van der Waals surface area contributed by atoms with Crippen LogP contribution in [0.5, 0.6) is 0 Å². The molecule has 1 aromatic heterocycles. The summed E-state index contributed by atoms with van der Waals surface area (Å²) in [4.78, 5) is 20.6. The van der Waals surface area contributed by atoms with E-state index in [4.69, 9.17) is 5.11 Å². The number of carboxylic acids is 1. The first-order chi connectivity index (χ1) is 7.66. The molecule has 0 aromatic carbocycles. The summed E-state index contributed by atoms with van der Waals surface area (Å²) < 4.78 is 0. The molecular formula is C11H15N3O2. The SMILES string of the molecule is CN(CC1CCC1)c1cnc(C(=O)O)cn1. The second kappa shape index (κ2) is 4.47. The van der Waals surface area contributed by atoms with Gasteiger partial charge in [0.2, 0.25) is 0 Å². The first kappa shape index (κ1) is 10.9. The highest BCUT2D eigenvalue weighted by Crippen LogP contribution is 2.27. The zero-order chi connectivity index (χ0) is 11.5. The number of aromatic nitrogens is 2. The lowest BCUT2D eigenvalue weighted by Crippen LogP contribution is -2.30. The van der Waals surface area contributed by atoms with Crippen LogP contribution in [0.2, 0.25) is 0 Å². The highest BCUT2D eigenvalue weighted by molar-refractivity contribution is 5.84. The van der Waals surface area contributed by atoms with Gasteiger partial charge in [-0.2, -0.15) is 0 Å². The van der Waals surface area contributed by atoms with Gasteiger partial charge in [0, 0.05) is 13.6 Å². The Kier molecular flexibility index (Phi) is 3.03. The lowest BCUT2D eigenvalue weighted by atomic mass is 9.85. The molecule has 1 N–H and O–H groups in total. The first-order valence-electron chi connectivity index (χ1n) is 5.43. The van der Waals surface area contributed by atoms with Gasteiger partial charge in [0.25, 0.3) is 0 Å². The van der Waals surface area contributed by atoms with E-state index in [1.165, 1.54) is 31.7 Å². The van der Waals surface area contributed by atoms with E-state index in [0.717, 1.165) is 18.3 Å². The van der Waals surface area contributed by atoms with Gasteiger partial charge in [0.05, 0.1) is 12.4 Å². The molecule has 1 aliphatic carbocycles. The third-order valence-electron chi connectivity index (χ3n) is 3.01. The van der Waals surface area contributed by atoms with E-state index in [2.05, 4.69) is 9.97 Å². The van der Waals surface area contributed by atoms with Gasteiger partial charge >= 0.3 is 5.97 Å².